The number of carbonyl (C=O) groups excluding carboxylic acids is 1. The highest BCUT2D eigenvalue weighted by atomic mass is 16.3. The number of piperidine rings is 1. The van der Waals surface area contributed by atoms with Crippen LogP contribution < -0.4 is 5.32 Å². The summed E-state index contributed by atoms with van der Waals surface area (Å²) in [5.74, 6) is 3.16. The smallest absolute Gasteiger partial charge is 0.220 e. The number of aliphatic hydroxyl groups excluding tert-OH is 1. The van der Waals surface area contributed by atoms with Crippen molar-refractivity contribution < 1.29 is 9.90 Å². The molecule has 1 aliphatic heterocycles. The zero-order chi connectivity index (χ0) is 16.4. The first-order valence-electron chi connectivity index (χ1n) is 9.87. The predicted molar refractivity (Wildman–Crippen MR) is 90.7 cm³/mol. The first-order valence-corrected chi connectivity index (χ1v) is 9.87. The number of amides is 1. The van der Waals surface area contributed by atoms with Gasteiger partial charge in [-0.25, -0.2) is 0 Å². The zero-order valence-corrected chi connectivity index (χ0v) is 15.0. The van der Waals surface area contributed by atoms with Crippen molar-refractivity contribution in [2.75, 3.05) is 0 Å². The van der Waals surface area contributed by atoms with Gasteiger partial charge in [0.05, 0.1) is 6.10 Å². The van der Waals surface area contributed by atoms with E-state index < -0.39 is 0 Å². The van der Waals surface area contributed by atoms with Crippen molar-refractivity contribution in [2.24, 2.45) is 34.5 Å². The molecule has 0 aromatic carbocycles. The Balaban J connectivity index is 1.70. The molecular formula is C20H33NO2. The fourth-order valence-electron chi connectivity index (χ4n) is 7.25. The lowest BCUT2D eigenvalue weighted by molar-refractivity contribution is -0.148. The van der Waals surface area contributed by atoms with Crippen LogP contribution in [0.2, 0.25) is 0 Å². The van der Waals surface area contributed by atoms with E-state index in [0.717, 1.165) is 31.1 Å². The van der Waals surface area contributed by atoms with Crippen LogP contribution in [0.1, 0.15) is 72.1 Å². The monoisotopic (exact) mass is 319 g/mol. The summed E-state index contributed by atoms with van der Waals surface area (Å²) in [7, 11) is 0. The SMILES string of the molecule is CC[C@H]1C[C@H]2NC(=O)CC[C@]2(C)C2CC[C@@]3(C)C(CC[C@@H]3O)C21. The first kappa shape index (κ1) is 15.9. The van der Waals surface area contributed by atoms with Crippen LogP contribution in [0.4, 0.5) is 0 Å². The average Bonchev–Trinajstić information content (AvgIpc) is 2.83. The molecule has 0 aromatic heterocycles. The Kier molecular flexibility index (Phi) is 3.61. The van der Waals surface area contributed by atoms with Crippen LogP contribution in [0.3, 0.4) is 0 Å². The van der Waals surface area contributed by atoms with E-state index in [-0.39, 0.29) is 22.8 Å². The van der Waals surface area contributed by atoms with Crippen molar-refractivity contribution in [2.45, 2.75) is 84.3 Å². The minimum Gasteiger partial charge on any atom is -0.393 e. The third-order valence-corrected chi connectivity index (χ3v) is 8.76. The molecule has 4 aliphatic rings. The third kappa shape index (κ3) is 2.08. The van der Waals surface area contributed by atoms with E-state index in [1.165, 1.54) is 25.7 Å². The summed E-state index contributed by atoms with van der Waals surface area (Å²) in [6.45, 7) is 7.14. The van der Waals surface area contributed by atoms with Crippen molar-refractivity contribution in [1.29, 1.82) is 0 Å². The van der Waals surface area contributed by atoms with E-state index in [1.54, 1.807) is 0 Å². The summed E-state index contributed by atoms with van der Waals surface area (Å²) in [4.78, 5) is 11.9. The molecule has 3 unspecified atom stereocenters. The maximum absolute atomic E-state index is 11.9. The van der Waals surface area contributed by atoms with Crippen LogP contribution in [-0.2, 0) is 4.79 Å². The molecule has 0 radical (unpaired) electrons. The minimum absolute atomic E-state index is 0.0949. The van der Waals surface area contributed by atoms with Crippen LogP contribution in [0, 0.1) is 34.5 Å². The summed E-state index contributed by atoms with van der Waals surface area (Å²) < 4.78 is 0. The summed E-state index contributed by atoms with van der Waals surface area (Å²) in [6, 6.07) is 0.380. The number of carbonyl (C=O) groups is 1. The molecule has 8 atom stereocenters. The lowest BCUT2D eigenvalue weighted by Gasteiger charge is -2.62. The normalized spacial score (nSPS) is 55.6. The quantitative estimate of drug-likeness (QED) is 0.777. The third-order valence-electron chi connectivity index (χ3n) is 8.76. The minimum atomic E-state index is -0.0949. The fourth-order valence-corrected chi connectivity index (χ4v) is 7.25. The van der Waals surface area contributed by atoms with E-state index in [2.05, 4.69) is 26.1 Å². The second kappa shape index (κ2) is 5.21. The molecule has 1 heterocycles. The van der Waals surface area contributed by atoms with Crippen LogP contribution in [0.5, 0.6) is 0 Å². The van der Waals surface area contributed by atoms with E-state index in [4.69, 9.17) is 0 Å². The zero-order valence-electron chi connectivity index (χ0n) is 15.0. The number of hydrogen-bond donors (Lipinski definition) is 2. The maximum atomic E-state index is 11.9. The van der Waals surface area contributed by atoms with Crippen LogP contribution in [-0.4, -0.2) is 23.2 Å². The van der Waals surface area contributed by atoms with E-state index in [0.29, 0.717) is 24.3 Å². The summed E-state index contributed by atoms with van der Waals surface area (Å²) in [5.41, 5.74) is 0.425. The number of nitrogens with one attached hydrogen (secondary N) is 1. The second-order valence-electron chi connectivity index (χ2n) is 9.46. The maximum Gasteiger partial charge on any atom is 0.220 e. The van der Waals surface area contributed by atoms with Gasteiger partial charge in [-0.05, 0) is 73.0 Å². The van der Waals surface area contributed by atoms with Gasteiger partial charge < -0.3 is 10.4 Å². The Bertz CT molecular complexity index is 506. The lowest BCUT2D eigenvalue weighted by Crippen LogP contribution is -2.63. The average molecular weight is 319 g/mol. The van der Waals surface area contributed by atoms with Gasteiger partial charge in [0, 0.05) is 12.5 Å². The Hall–Kier alpha value is -0.570. The first-order chi connectivity index (χ1) is 10.9. The summed E-state index contributed by atoms with van der Waals surface area (Å²) in [6.07, 6.45) is 8.67. The number of fused-ring (bicyclic) bond motifs is 5. The predicted octanol–water partition coefficient (Wildman–Crippen LogP) is 3.50. The van der Waals surface area contributed by atoms with Crippen molar-refractivity contribution in [3.8, 4) is 0 Å². The molecule has 4 rings (SSSR count). The van der Waals surface area contributed by atoms with Gasteiger partial charge in [0.15, 0.2) is 0 Å². The standard InChI is InChI=1S/C20H33NO2/c1-4-12-11-15-19(2,10-8-17(23)21-15)14-7-9-20(3)13(18(12)14)5-6-16(20)22/h12-16,18,22H,4-11H2,1-3H3,(H,21,23)/t12-,13?,14?,15+,16-,18?,19+,20-/m0/s1. The molecular weight excluding hydrogens is 286 g/mol. The molecule has 3 saturated carbocycles. The van der Waals surface area contributed by atoms with Gasteiger partial charge in [-0.3, -0.25) is 4.79 Å². The number of rotatable bonds is 1. The summed E-state index contributed by atoms with van der Waals surface area (Å²) >= 11 is 0. The van der Waals surface area contributed by atoms with Crippen molar-refractivity contribution >= 4 is 5.91 Å². The Morgan fingerprint density at radius 2 is 1.87 bits per heavy atom. The largest absolute Gasteiger partial charge is 0.393 e. The van der Waals surface area contributed by atoms with Crippen molar-refractivity contribution in [3.05, 3.63) is 0 Å². The number of aliphatic hydroxyl groups is 1. The highest BCUT2D eigenvalue weighted by Crippen LogP contribution is 2.65. The van der Waals surface area contributed by atoms with Gasteiger partial charge in [-0.15, -0.1) is 0 Å². The summed E-state index contributed by atoms with van der Waals surface area (Å²) in [5, 5.41) is 14.0. The molecule has 3 aliphatic carbocycles. The highest BCUT2D eigenvalue weighted by Gasteiger charge is 2.62. The van der Waals surface area contributed by atoms with Gasteiger partial charge in [0.1, 0.15) is 0 Å². The van der Waals surface area contributed by atoms with Gasteiger partial charge >= 0.3 is 0 Å². The molecule has 0 bridgehead atoms. The van der Waals surface area contributed by atoms with Gasteiger partial charge in [0.2, 0.25) is 5.91 Å². The molecule has 1 amide bonds. The molecule has 3 nitrogen and oxygen atoms in total. The Morgan fingerprint density at radius 3 is 2.61 bits per heavy atom. The second-order valence-corrected chi connectivity index (χ2v) is 9.46. The van der Waals surface area contributed by atoms with Gasteiger partial charge in [-0.1, -0.05) is 27.2 Å². The van der Waals surface area contributed by atoms with E-state index in [1.807, 2.05) is 0 Å². The fraction of sp³-hybridized carbons (Fsp3) is 0.950. The van der Waals surface area contributed by atoms with Crippen molar-refractivity contribution in [3.63, 3.8) is 0 Å². The van der Waals surface area contributed by atoms with Crippen LogP contribution in [0.15, 0.2) is 0 Å². The molecule has 2 N–H and O–H groups in total. The lowest BCUT2D eigenvalue weighted by atomic mass is 9.45. The van der Waals surface area contributed by atoms with Crippen molar-refractivity contribution in [1.82, 2.24) is 5.32 Å². The molecule has 4 fully saturated rings. The van der Waals surface area contributed by atoms with Gasteiger partial charge in [0.25, 0.3) is 0 Å². The molecule has 23 heavy (non-hydrogen) atoms. The molecule has 0 aromatic rings. The van der Waals surface area contributed by atoms with E-state index >= 15 is 0 Å². The van der Waals surface area contributed by atoms with E-state index in [9.17, 15) is 9.90 Å². The Labute approximate surface area is 140 Å². The molecule has 3 heteroatoms. The highest BCUT2D eigenvalue weighted by molar-refractivity contribution is 5.77. The molecule has 0 spiro atoms. The van der Waals surface area contributed by atoms with Crippen LogP contribution >= 0.6 is 0 Å². The van der Waals surface area contributed by atoms with Gasteiger partial charge in [-0.2, -0.15) is 0 Å². The topological polar surface area (TPSA) is 49.3 Å². The van der Waals surface area contributed by atoms with Crippen LogP contribution in [0.25, 0.3) is 0 Å². The molecule has 1 saturated heterocycles. The molecule has 130 valence electrons. The Morgan fingerprint density at radius 1 is 1.13 bits per heavy atom. The number of hydrogen-bond acceptors (Lipinski definition) is 2.